The van der Waals surface area contributed by atoms with Crippen molar-refractivity contribution >= 4 is 22.9 Å². The monoisotopic (exact) mass is 294 g/mol. The van der Waals surface area contributed by atoms with E-state index in [0.29, 0.717) is 0 Å². The standard InChI is InChI=1S/C12H14N4O5/c1-6(17)4-15-10(18)8-9(14(3)12(15)21)13-5-16(8)7(2)11(19)20/h5,7H,4H2,1-3H3,(H,19,20)/t7-/m0/s1. The van der Waals surface area contributed by atoms with E-state index in [0.717, 1.165) is 9.13 Å². The Morgan fingerprint density at radius 1 is 1.38 bits per heavy atom. The molecule has 9 nitrogen and oxygen atoms in total. The van der Waals surface area contributed by atoms with Crippen LogP contribution < -0.4 is 11.2 Å². The van der Waals surface area contributed by atoms with Gasteiger partial charge in [0.15, 0.2) is 11.2 Å². The van der Waals surface area contributed by atoms with Gasteiger partial charge in [-0.1, -0.05) is 0 Å². The van der Waals surface area contributed by atoms with Crippen molar-refractivity contribution in [3.05, 3.63) is 27.2 Å². The van der Waals surface area contributed by atoms with Crippen LogP contribution in [-0.4, -0.2) is 35.5 Å². The van der Waals surface area contributed by atoms with Crippen LogP contribution in [0.25, 0.3) is 11.2 Å². The van der Waals surface area contributed by atoms with Gasteiger partial charge >= 0.3 is 11.7 Å². The first-order valence-corrected chi connectivity index (χ1v) is 6.14. The second-order valence-electron chi connectivity index (χ2n) is 4.77. The summed E-state index contributed by atoms with van der Waals surface area (Å²) in [4.78, 5) is 50.7. The lowest BCUT2D eigenvalue weighted by molar-refractivity contribution is -0.140. The minimum Gasteiger partial charge on any atom is -0.480 e. The molecule has 1 N–H and O–H groups in total. The van der Waals surface area contributed by atoms with Gasteiger partial charge in [-0.3, -0.25) is 18.7 Å². The van der Waals surface area contributed by atoms with E-state index in [-0.39, 0.29) is 23.5 Å². The first-order chi connectivity index (χ1) is 9.75. The number of fused-ring (bicyclic) bond motifs is 1. The molecule has 0 unspecified atom stereocenters. The predicted molar refractivity (Wildman–Crippen MR) is 72.3 cm³/mol. The number of aromatic nitrogens is 4. The number of ketones is 1. The number of carboxylic acid groups (broad SMARTS) is 1. The molecule has 9 heteroatoms. The highest BCUT2D eigenvalue weighted by Gasteiger charge is 2.22. The number of aryl methyl sites for hydroxylation is 1. The highest BCUT2D eigenvalue weighted by molar-refractivity contribution is 5.78. The Hall–Kier alpha value is -2.71. The molecule has 0 bridgehead atoms. The zero-order valence-corrected chi connectivity index (χ0v) is 11.7. The summed E-state index contributed by atoms with van der Waals surface area (Å²) in [6.07, 6.45) is 1.20. The molecule has 112 valence electrons. The maximum absolute atomic E-state index is 12.4. The first kappa shape index (κ1) is 14.7. The zero-order valence-electron chi connectivity index (χ0n) is 11.7. The Balaban J connectivity index is 2.88. The van der Waals surface area contributed by atoms with Gasteiger partial charge in [0.2, 0.25) is 0 Å². The van der Waals surface area contributed by atoms with Crippen LogP contribution in [0.4, 0.5) is 0 Å². The molecule has 2 heterocycles. The van der Waals surface area contributed by atoms with Crippen LogP contribution >= 0.6 is 0 Å². The lowest BCUT2D eigenvalue weighted by Crippen LogP contribution is -2.41. The third kappa shape index (κ3) is 2.26. The zero-order chi connectivity index (χ0) is 15.9. The van der Waals surface area contributed by atoms with E-state index in [9.17, 15) is 19.2 Å². The molecule has 0 aliphatic carbocycles. The summed E-state index contributed by atoms with van der Waals surface area (Å²) in [7, 11) is 1.41. The molecule has 0 aliphatic rings. The minimum atomic E-state index is -1.14. The largest absolute Gasteiger partial charge is 0.480 e. The van der Waals surface area contributed by atoms with Crippen molar-refractivity contribution in [2.75, 3.05) is 0 Å². The van der Waals surface area contributed by atoms with Crippen LogP contribution in [0.5, 0.6) is 0 Å². The molecular weight excluding hydrogens is 280 g/mol. The molecule has 21 heavy (non-hydrogen) atoms. The van der Waals surface area contributed by atoms with E-state index in [1.807, 2.05) is 0 Å². The van der Waals surface area contributed by atoms with Crippen molar-refractivity contribution in [1.29, 1.82) is 0 Å². The first-order valence-electron chi connectivity index (χ1n) is 6.14. The van der Waals surface area contributed by atoms with Crippen LogP contribution in [0.2, 0.25) is 0 Å². The van der Waals surface area contributed by atoms with Crippen molar-refractivity contribution in [2.45, 2.75) is 26.4 Å². The van der Waals surface area contributed by atoms with Gasteiger partial charge in [0, 0.05) is 7.05 Å². The predicted octanol–water partition coefficient (Wildman–Crippen LogP) is -0.869. The fourth-order valence-corrected chi connectivity index (χ4v) is 2.06. The van der Waals surface area contributed by atoms with Gasteiger partial charge in [-0.25, -0.2) is 14.6 Å². The fourth-order valence-electron chi connectivity index (χ4n) is 2.06. The topological polar surface area (TPSA) is 116 Å². The molecule has 0 aromatic carbocycles. The van der Waals surface area contributed by atoms with E-state index in [2.05, 4.69) is 4.98 Å². The highest BCUT2D eigenvalue weighted by atomic mass is 16.4. The number of carbonyl (C=O) groups is 2. The Morgan fingerprint density at radius 3 is 2.52 bits per heavy atom. The SMILES string of the molecule is CC(=O)Cn1c(=O)c2c(ncn2[C@@H](C)C(=O)O)n(C)c1=O. The molecule has 2 aromatic rings. The number of aliphatic carboxylic acids is 1. The maximum Gasteiger partial charge on any atom is 0.332 e. The molecule has 0 aliphatic heterocycles. The summed E-state index contributed by atoms with van der Waals surface area (Å²) < 4.78 is 3.07. The van der Waals surface area contributed by atoms with Gasteiger partial charge < -0.3 is 9.67 Å². The second-order valence-corrected chi connectivity index (χ2v) is 4.77. The van der Waals surface area contributed by atoms with Crippen LogP contribution in [0.15, 0.2) is 15.9 Å². The number of Topliss-reactive ketones (excluding diaryl/α,β-unsaturated/α-hetero) is 1. The van der Waals surface area contributed by atoms with E-state index < -0.39 is 23.3 Å². The summed E-state index contributed by atoms with van der Waals surface area (Å²) in [5.41, 5.74) is -1.34. The number of hydrogen-bond donors (Lipinski definition) is 1. The minimum absolute atomic E-state index is 0.0201. The lowest BCUT2D eigenvalue weighted by Gasteiger charge is -2.11. The van der Waals surface area contributed by atoms with Crippen molar-refractivity contribution in [3.63, 3.8) is 0 Å². The normalized spacial score (nSPS) is 12.5. The molecule has 0 radical (unpaired) electrons. The third-order valence-electron chi connectivity index (χ3n) is 3.21. The van der Waals surface area contributed by atoms with Gasteiger partial charge in [0.05, 0.1) is 12.9 Å². The van der Waals surface area contributed by atoms with Gasteiger partial charge in [-0.05, 0) is 13.8 Å². The molecule has 2 aromatic heterocycles. The van der Waals surface area contributed by atoms with Crippen LogP contribution in [-0.2, 0) is 23.2 Å². The number of rotatable bonds is 4. The molecule has 0 fully saturated rings. The van der Waals surface area contributed by atoms with E-state index in [1.54, 1.807) is 0 Å². The van der Waals surface area contributed by atoms with Gasteiger partial charge in [0.25, 0.3) is 5.56 Å². The van der Waals surface area contributed by atoms with E-state index in [4.69, 9.17) is 5.11 Å². The Labute approximate surface area is 118 Å². The van der Waals surface area contributed by atoms with E-state index in [1.165, 1.54) is 31.8 Å². The Bertz CT molecular complexity index is 857. The summed E-state index contributed by atoms with van der Waals surface area (Å²) in [5, 5.41) is 9.06. The van der Waals surface area contributed by atoms with Crippen molar-refractivity contribution in [3.8, 4) is 0 Å². The van der Waals surface area contributed by atoms with Crippen molar-refractivity contribution in [2.24, 2.45) is 7.05 Å². The van der Waals surface area contributed by atoms with Crippen molar-refractivity contribution < 1.29 is 14.7 Å². The molecular formula is C12H14N4O5. The summed E-state index contributed by atoms with van der Waals surface area (Å²) >= 11 is 0. The van der Waals surface area contributed by atoms with E-state index >= 15 is 0 Å². The fraction of sp³-hybridized carbons (Fsp3) is 0.417. The molecule has 0 spiro atoms. The maximum atomic E-state index is 12.4. The smallest absolute Gasteiger partial charge is 0.332 e. The van der Waals surface area contributed by atoms with Crippen LogP contribution in [0, 0.1) is 0 Å². The molecule has 0 saturated carbocycles. The number of imidazole rings is 1. The van der Waals surface area contributed by atoms with Gasteiger partial charge in [0.1, 0.15) is 11.8 Å². The molecule has 1 atom stereocenters. The number of carbonyl (C=O) groups excluding carboxylic acids is 1. The number of carboxylic acids is 1. The molecule has 0 saturated heterocycles. The summed E-state index contributed by atoms with van der Waals surface area (Å²) in [6.45, 7) is 2.28. The number of hydrogen-bond acceptors (Lipinski definition) is 5. The van der Waals surface area contributed by atoms with Gasteiger partial charge in [-0.15, -0.1) is 0 Å². The Morgan fingerprint density at radius 2 is 2.00 bits per heavy atom. The molecule has 2 rings (SSSR count). The average molecular weight is 294 g/mol. The number of nitrogens with zero attached hydrogens (tertiary/aromatic N) is 4. The summed E-state index contributed by atoms with van der Waals surface area (Å²) in [6, 6.07) is -1.02. The van der Waals surface area contributed by atoms with Crippen molar-refractivity contribution in [1.82, 2.24) is 18.7 Å². The highest BCUT2D eigenvalue weighted by Crippen LogP contribution is 2.13. The third-order valence-corrected chi connectivity index (χ3v) is 3.21. The summed E-state index contributed by atoms with van der Waals surface area (Å²) in [5.74, 6) is -1.49. The Kier molecular flexibility index (Phi) is 3.50. The lowest BCUT2D eigenvalue weighted by atomic mass is 10.3. The average Bonchev–Trinajstić information content (AvgIpc) is 2.84. The second kappa shape index (κ2) is 5.00. The van der Waals surface area contributed by atoms with Crippen LogP contribution in [0.1, 0.15) is 19.9 Å². The van der Waals surface area contributed by atoms with Crippen LogP contribution in [0.3, 0.4) is 0 Å². The van der Waals surface area contributed by atoms with Gasteiger partial charge in [-0.2, -0.15) is 0 Å². The molecule has 0 amide bonds. The quantitative estimate of drug-likeness (QED) is 0.783.